The zero-order valence-corrected chi connectivity index (χ0v) is 13.5. The van der Waals surface area contributed by atoms with Gasteiger partial charge in [-0.2, -0.15) is 0 Å². The zero-order valence-electron chi connectivity index (χ0n) is 13.5. The van der Waals surface area contributed by atoms with Crippen molar-refractivity contribution in [3.63, 3.8) is 0 Å². The van der Waals surface area contributed by atoms with Gasteiger partial charge >= 0.3 is 0 Å². The van der Waals surface area contributed by atoms with Gasteiger partial charge in [0.25, 0.3) is 0 Å². The average Bonchev–Trinajstić information content (AvgIpc) is 3.22. The first-order valence-corrected chi connectivity index (χ1v) is 9.11. The molecule has 1 saturated heterocycles. The van der Waals surface area contributed by atoms with E-state index in [2.05, 4.69) is 19.2 Å². The summed E-state index contributed by atoms with van der Waals surface area (Å²) < 4.78 is 6.24. The van der Waals surface area contributed by atoms with E-state index in [1.54, 1.807) is 0 Å². The van der Waals surface area contributed by atoms with Gasteiger partial charge < -0.3 is 10.1 Å². The van der Waals surface area contributed by atoms with Gasteiger partial charge in [0.15, 0.2) is 0 Å². The molecule has 3 aliphatic rings. The molecular weight excluding hydrogens is 246 g/mol. The summed E-state index contributed by atoms with van der Waals surface area (Å²) in [5, 5.41) is 3.91. The molecule has 20 heavy (non-hydrogen) atoms. The van der Waals surface area contributed by atoms with Crippen LogP contribution in [0, 0.1) is 17.8 Å². The molecule has 3 fully saturated rings. The van der Waals surface area contributed by atoms with Gasteiger partial charge in [0.2, 0.25) is 0 Å². The van der Waals surface area contributed by atoms with E-state index >= 15 is 0 Å². The normalized spacial score (nSPS) is 32.4. The molecule has 3 unspecified atom stereocenters. The van der Waals surface area contributed by atoms with Crippen LogP contribution >= 0.6 is 0 Å². The molecular formula is C18H33NO. The smallest absolute Gasteiger partial charge is 0.0685 e. The lowest BCUT2D eigenvalue weighted by Gasteiger charge is -2.43. The molecule has 0 aromatic rings. The maximum Gasteiger partial charge on any atom is 0.0685 e. The molecule has 116 valence electrons. The van der Waals surface area contributed by atoms with Crippen LogP contribution < -0.4 is 5.32 Å². The fourth-order valence-corrected chi connectivity index (χ4v) is 4.75. The Balaban J connectivity index is 1.65. The fourth-order valence-electron chi connectivity index (χ4n) is 4.75. The van der Waals surface area contributed by atoms with E-state index < -0.39 is 0 Å². The minimum absolute atomic E-state index is 0.276. The van der Waals surface area contributed by atoms with Crippen LogP contribution in [-0.2, 0) is 4.74 Å². The van der Waals surface area contributed by atoms with Crippen LogP contribution in [0.2, 0.25) is 0 Å². The minimum Gasteiger partial charge on any atom is -0.375 e. The number of rotatable bonds is 6. The average molecular weight is 279 g/mol. The highest BCUT2D eigenvalue weighted by Crippen LogP contribution is 2.46. The Bertz CT molecular complexity index is 307. The molecule has 0 aromatic heterocycles. The van der Waals surface area contributed by atoms with Gasteiger partial charge in [-0.05, 0) is 69.2 Å². The lowest BCUT2D eigenvalue weighted by atomic mass is 9.76. The third-order valence-corrected chi connectivity index (χ3v) is 6.12. The van der Waals surface area contributed by atoms with E-state index in [-0.39, 0.29) is 5.60 Å². The summed E-state index contributed by atoms with van der Waals surface area (Å²) in [5.41, 5.74) is 0.276. The summed E-state index contributed by atoms with van der Waals surface area (Å²) >= 11 is 0. The Morgan fingerprint density at radius 2 is 1.90 bits per heavy atom. The van der Waals surface area contributed by atoms with Crippen LogP contribution in [0.1, 0.15) is 71.6 Å². The van der Waals surface area contributed by atoms with Gasteiger partial charge in [0, 0.05) is 12.6 Å². The van der Waals surface area contributed by atoms with Crippen LogP contribution in [-0.4, -0.2) is 24.8 Å². The largest absolute Gasteiger partial charge is 0.375 e. The molecule has 3 atom stereocenters. The molecule has 2 aliphatic carbocycles. The third-order valence-electron chi connectivity index (χ3n) is 6.12. The van der Waals surface area contributed by atoms with E-state index in [9.17, 15) is 0 Å². The summed E-state index contributed by atoms with van der Waals surface area (Å²) in [5.74, 6) is 2.72. The predicted molar refractivity (Wildman–Crippen MR) is 83.8 cm³/mol. The maximum atomic E-state index is 6.24. The molecule has 1 N–H and O–H groups in total. The van der Waals surface area contributed by atoms with E-state index in [1.165, 1.54) is 64.3 Å². The highest BCUT2D eigenvalue weighted by atomic mass is 16.5. The van der Waals surface area contributed by atoms with E-state index in [0.29, 0.717) is 0 Å². The van der Waals surface area contributed by atoms with Gasteiger partial charge in [-0.15, -0.1) is 0 Å². The Morgan fingerprint density at radius 3 is 2.55 bits per heavy atom. The van der Waals surface area contributed by atoms with Crippen molar-refractivity contribution in [2.45, 2.75) is 83.3 Å². The number of ether oxygens (including phenoxy) is 1. The van der Waals surface area contributed by atoms with Gasteiger partial charge in [-0.3, -0.25) is 0 Å². The molecule has 0 bridgehead atoms. The first-order chi connectivity index (χ1) is 9.74. The molecule has 1 heterocycles. The summed E-state index contributed by atoms with van der Waals surface area (Å²) in [6, 6.07) is 0.740. The fraction of sp³-hybridized carbons (Fsp3) is 1.00. The van der Waals surface area contributed by atoms with E-state index in [0.717, 1.165) is 30.4 Å². The SMILES string of the molecule is CCCNC(C1CCOC2(CCCC2)C1)C(C)C1CC1. The van der Waals surface area contributed by atoms with Gasteiger partial charge in [-0.25, -0.2) is 0 Å². The highest BCUT2D eigenvalue weighted by molar-refractivity contribution is 4.97. The van der Waals surface area contributed by atoms with Crippen molar-refractivity contribution >= 4 is 0 Å². The van der Waals surface area contributed by atoms with Gasteiger partial charge in [-0.1, -0.05) is 26.7 Å². The Morgan fingerprint density at radius 1 is 1.15 bits per heavy atom. The molecule has 0 aromatic carbocycles. The molecule has 2 nitrogen and oxygen atoms in total. The lowest BCUT2D eigenvalue weighted by Crippen LogP contribution is -2.49. The van der Waals surface area contributed by atoms with Crippen molar-refractivity contribution < 1.29 is 4.74 Å². The molecule has 0 radical (unpaired) electrons. The second-order valence-corrected chi connectivity index (χ2v) is 7.67. The van der Waals surface area contributed by atoms with Crippen LogP contribution in [0.3, 0.4) is 0 Å². The number of hydrogen-bond acceptors (Lipinski definition) is 2. The molecule has 3 rings (SSSR count). The number of hydrogen-bond donors (Lipinski definition) is 1. The predicted octanol–water partition coefficient (Wildman–Crippen LogP) is 4.14. The van der Waals surface area contributed by atoms with Crippen molar-refractivity contribution in [3.8, 4) is 0 Å². The van der Waals surface area contributed by atoms with Crippen molar-refractivity contribution in [2.24, 2.45) is 17.8 Å². The molecule has 0 amide bonds. The quantitative estimate of drug-likeness (QED) is 0.789. The van der Waals surface area contributed by atoms with Gasteiger partial charge in [0.05, 0.1) is 5.60 Å². The number of nitrogens with one attached hydrogen (secondary N) is 1. The Kier molecular flexibility index (Phi) is 4.72. The topological polar surface area (TPSA) is 21.3 Å². The Hall–Kier alpha value is -0.0800. The first kappa shape index (κ1) is 14.8. The van der Waals surface area contributed by atoms with Crippen LogP contribution in [0.15, 0.2) is 0 Å². The summed E-state index contributed by atoms with van der Waals surface area (Å²) in [6.07, 6.45) is 12.2. The van der Waals surface area contributed by atoms with Crippen molar-refractivity contribution in [1.82, 2.24) is 5.32 Å². The van der Waals surface area contributed by atoms with Crippen molar-refractivity contribution in [3.05, 3.63) is 0 Å². The minimum atomic E-state index is 0.276. The second-order valence-electron chi connectivity index (χ2n) is 7.67. The molecule has 1 spiro atoms. The molecule has 1 aliphatic heterocycles. The lowest BCUT2D eigenvalue weighted by molar-refractivity contribution is -0.101. The van der Waals surface area contributed by atoms with Crippen LogP contribution in [0.25, 0.3) is 0 Å². The van der Waals surface area contributed by atoms with Crippen molar-refractivity contribution in [1.29, 1.82) is 0 Å². The van der Waals surface area contributed by atoms with Gasteiger partial charge in [0.1, 0.15) is 0 Å². The summed E-state index contributed by atoms with van der Waals surface area (Å²) in [4.78, 5) is 0. The third kappa shape index (κ3) is 3.22. The molecule has 2 heteroatoms. The maximum absolute atomic E-state index is 6.24. The zero-order chi connectivity index (χ0) is 14.0. The monoisotopic (exact) mass is 279 g/mol. The van der Waals surface area contributed by atoms with Crippen LogP contribution in [0.4, 0.5) is 0 Å². The van der Waals surface area contributed by atoms with Crippen LogP contribution in [0.5, 0.6) is 0 Å². The first-order valence-electron chi connectivity index (χ1n) is 9.11. The summed E-state index contributed by atoms with van der Waals surface area (Å²) in [7, 11) is 0. The second kappa shape index (κ2) is 6.36. The highest BCUT2D eigenvalue weighted by Gasteiger charge is 2.44. The standard InChI is InChI=1S/C18H33NO/c1-3-11-19-17(14(2)15-6-7-15)16-8-12-20-18(13-16)9-4-5-10-18/h14-17,19H,3-13H2,1-2H3. The van der Waals surface area contributed by atoms with E-state index in [4.69, 9.17) is 4.74 Å². The molecule has 2 saturated carbocycles. The van der Waals surface area contributed by atoms with Crippen molar-refractivity contribution in [2.75, 3.05) is 13.2 Å². The summed E-state index contributed by atoms with van der Waals surface area (Å²) in [6.45, 7) is 6.98. The Labute approximate surface area is 125 Å². The van der Waals surface area contributed by atoms with E-state index in [1.807, 2.05) is 0 Å².